The summed E-state index contributed by atoms with van der Waals surface area (Å²) in [5.41, 5.74) is 4.01. The van der Waals surface area contributed by atoms with E-state index in [4.69, 9.17) is 16.6 Å². The van der Waals surface area contributed by atoms with Gasteiger partial charge in [-0.3, -0.25) is 0 Å². The molecule has 2 rings (SSSR count). The number of pyridine rings is 1. The van der Waals surface area contributed by atoms with E-state index in [1.165, 1.54) is 24.0 Å². The van der Waals surface area contributed by atoms with Crippen molar-refractivity contribution in [3.8, 4) is 0 Å². The number of piperidine rings is 1. The minimum Gasteiger partial charge on any atom is -0.356 e. The van der Waals surface area contributed by atoms with Gasteiger partial charge in [-0.15, -0.1) is 11.6 Å². The summed E-state index contributed by atoms with van der Waals surface area (Å²) in [4.78, 5) is 7.12. The van der Waals surface area contributed by atoms with Crippen LogP contribution in [0.3, 0.4) is 0 Å². The lowest BCUT2D eigenvalue weighted by molar-refractivity contribution is 0.279. The summed E-state index contributed by atoms with van der Waals surface area (Å²) in [6.07, 6.45) is 2.45. The molecule has 0 aromatic carbocycles. The normalized spacial score (nSPS) is 19.1. The molecule has 1 aromatic heterocycles. The molecule has 0 N–H and O–H groups in total. The first-order chi connectivity index (χ1) is 8.43. The van der Waals surface area contributed by atoms with E-state index >= 15 is 0 Å². The van der Waals surface area contributed by atoms with Gasteiger partial charge in [0.2, 0.25) is 0 Å². The third-order valence-corrected chi connectivity index (χ3v) is 4.27. The zero-order chi connectivity index (χ0) is 13.3. The Balaban J connectivity index is 2.28. The molecule has 1 aliphatic heterocycles. The average molecular weight is 267 g/mol. The largest absolute Gasteiger partial charge is 0.356 e. The number of aryl methyl sites for hydroxylation is 2. The summed E-state index contributed by atoms with van der Waals surface area (Å²) >= 11 is 6.10. The van der Waals surface area contributed by atoms with Crippen molar-refractivity contribution in [2.45, 2.75) is 46.4 Å². The quantitative estimate of drug-likeness (QED) is 0.751. The molecular weight excluding hydrogens is 244 g/mol. The van der Waals surface area contributed by atoms with Crippen LogP contribution >= 0.6 is 11.6 Å². The first-order valence-corrected chi connectivity index (χ1v) is 7.24. The molecule has 18 heavy (non-hydrogen) atoms. The van der Waals surface area contributed by atoms with Crippen molar-refractivity contribution in [1.82, 2.24) is 4.98 Å². The maximum Gasteiger partial charge on any atom is 0.133 e. The van der Waals surface area contributed by atoms with E-state index in [0.717, 1.165) is 24.6 Å². The molecule has 2 nitrogen and oxygen atoms in total. The molecule has 3 heteroatoms. The maximum absolute atomic E-state index is 6.10. The number of hydrogen-bond acceptors (Lipinski definition) is 2. The SMILES string of the molecule is Cc1cc(C)c(CCl)c(N2CCC(C)(C)CC2)n1. The zero-order valence-electron chi connectivity index (χ0n) is 11.9. The minimum atomic E-state index is 0.469. The highest BCUT2D eigenvalue weighted by Gasteiger charge is 2.27. The van der Waals surface area contributed by atoms with Crippen molar-refractivity contribution in [3.63, 3.8) is 0 Å². The monoisotopic (exact) mass is 266 g/mol. The van der Waals surface area contributed by atoms with Crippen LogP contribution in [0.15, 0.2) is 6.07 Å². The molecule has 1 saturated heterocycles. The van der Waals surface area contributed by atoms with Crippen LogP contribution < -0.4 is 4.90 Å². The van der Waals surface area contributed by atoms with Gasteiger partial charge >= 0.3 is 0 Å². The van der Waals surface area contributed by atoms with Gasteiger partial charge in [-0.05, 0) is 43.7 Å². The minimum absolute atomic E-state index is 0.469. The highest BCUT2D eigenvalue weighted by molar-refractivity contribution is 6.17. The molecule has 1 aromatic rings. The van der Waals surface area contributed by atoms with Gasteiger partial charge < -0.3 is 4.90 Å². The van der Waals surface area contributed by atoms with Gasteiger partial charge in [-0.1, -0.05) is 13.8 Å². The van der Waals surface area contributed by atoms with Crippen LogP contribution in [0.4, 0.5) is 5.82 Å². The molecule has 100 valence electrons. The standard InChI is InChI=1S/C15H23ClN2/c1-11-9-12(2)17-14(13(11)10-16)18-7-5-15(3,4)6-8-18/h9H,5-8,10H2,1-4H3. The summed E-state index contributed by atoms with van der Waals surface area (Å²) in [5, 5.41) is 0. The van der Waals surface area contributed by atoms with Crippen molar-refractivity contribution in [3.05, 3.63) is 22.9 Å². The van der Waals surface area contributed by atoms with E-state index in [2.05, 4.69) is 38.7 Å². The molecule has 2 heterocycles. The molecule has 0 bridgehead atoms. The van der Waals surface area contributed by atoms with Crippen molar-refractivity contribution in [2.75, 3.05) is 18.0 Å². The summed E-state index contributed by atoms with van der Waals surface area (Å²) in [6.45, 7) is 11.1. The fourth-order valence-electron chi connectivity index (χ4n) is 2.59. The molecule has 0 radical (unpaired) electrons. The Labute approximate surface area is 115 Å². The number of anilines is 1. The van der Waals surface area contributed by atoms with Gasteiger partial charge in [0.05, 0.1) is 5.88 Å². The van der Waals surface area contributed by atoms with Crippen LogP contribution in [0.5, 0.6) is 0 Å². The number of hydrogen-bond donors (Lipinski definition) is 0. The summed E-state index contributed by atoms with van der Waals surface area (Å²) in [5.74, 6) is 1.66. The van der Waals surface area contributed by atoms with Crippen LogP contribution in [-0.2, 0) is 5.88 Å². The molecule has 0 spiro atoms. The molecule has 0 aliphatic carbocycles. The lowest BCUT2D eigenvalue weighted by Gasteiger charge is -2.38. The van der Waals surface area contributed by atoms with Crippen molar-refractivity contribution >= 4 is 17.4 Å². The third kappa shape index (κ3) is 2.80. The van der Waals surface area contributed by atoms with Crippen molar-refractivity contribution < 1.29 is 0 Å². The fourth-order valence-corrected chi connectivity index (χ4v) is 2.92. The van der Waals surface area contributed by atoms with E-state index in [0.29, 0.717) is 11.3 Å². The van der Waals surface area contributed by atoms with Crippen LogP contribution in [0.2, 0.25) is 0 Å². The van der Waals surface area contributed by atoms with E-state index in [-0.39, 0.29) is 0 Å². The molecule has 1 aliphatic rings. The van der Waals surface area contributed by atoms with Crippen LogP contribution in [0.1, 0.15) is 43.5 Å². The zero-order valence-corrected chi connectivity index (χ0v) is 12.6. The fraction of sp³-hybridized carbons (Fsp3) is 0.667. The number of aromatic nitrogens is 1. The van der Waals surface area contributed by atoms with Gasteiger partial charge in [-0.2, -0.15) is 0 Å². The number of rotatable bonds is 2. The van der Waals surface area contributed by atoms with Crippen LogP contribution in [-0.4, -0.2) is 18.1 Å². The first-order valence-electron chi connectivity index (χ1n) is 6.71. The summed E-state index contributed by atoms with van der Waals surface area (Å²) in [6, 6.07) is 2.12. The van der Waals surface area contributed by atoms with Gasteiger partial charge in [0.25, 0.3) is 0 Å². The smallest absolute Gasteiger partial charge is 0.133 e. The Morgan fingerprint density at radius 1 is 1.28 bits per heavy atom. The van der Waals surface area contributed by atoms with Gasteiger partial charge in [0.1, 0.15) is 5.82 Å². The topological polar surface area (TPSA) is 16.1 Å². The Morgan fingerprint density at radius 3 is 2.44 bits per heavy atom. The number of nitrogens with zero attached hydrogens (tertiary/aromatic N) is 2. The average Bonchev–Trinajstić information content (AvgIpc) is 2.28. The van der Waals surface area contributed by atoms with Gasteiger partial charge in [0.15, 0.2) is 0 Å². The van der Waals surface area contributed by atoms with Crippen LogP contribution in [0, 0.1) is 19.3 Å². The van der Waals surface area contributed by atoms with Crippen LogP contribution in [0.25, 0.3) is 0 Å². The Hall–Kier alpha value is -0.760. The van der Waals surface area contributed by atoms with Crippen molar-refractivity contribution in [2.24, 2.45) is 5.41 Å². The third-order valence-electron chi connectivity index (χ3n) is 4.00. The Bertz CT molecular complexity index is 430. The second kappa shape index (κ2) is 5.08. The Morgan fingerprint density at radius 2 is 1.89 bits per heavy atom. The molecule has 1 fully saturated rings. The predicted molar refractivity (Wildman–Crippen MR) is 78.5 cm³/mol. The number of alkyl halides is 1. The maximum atomic E-state index is 6.10. The van der Waals surface area contributed by atoms with Gasteiger partial charge in [0, 0.05) is 24.3 Å². The second-order valence-electron chi connectivity index (χ2n) is 6.17. The van der Waals surface area contributed by atoms with E-state index in [1.54, 1.807) is 0 Å². The number of halogens is 1. The molecule has 0 unspecified atom stereocenters. The molecule has 0 saturated carbocycles. The van der Waals surface area contributed by atoms with E-state index < -0.39 is 0 Å². The lowest BCUT2D eigenvalue weighted by Crippen LogP contribution is -2.38. The molecule has 0 atom stereocenters. The van der Waals surface area contributed by atoms with Gasteiger partial charge in [-0.25, -0.2) is 4.98 Å². The lowest BCUT2D eigenvalue weighted by atomic mass is 9.82. The predicted octanol–water partition coefficient (Wildman–Crippen LogP) is 4.06. The molecule has 0 amide bonds. The molecular formula is C15H23ClN2. The highest BCUT2D eigenvalue weighted by atomic mass is 35.5. The summed E-state index contributed by atoms with van der Waals surface area (Å²) in [7, 11) is 0. The first kappa shape index (κ1) is 13.7. The Kier molecular flexibility index (Phi) is 3.86. The second-order valence-corrected chi connectivity index (χ2v) is 6.43. The highest BCUT2D eigenvalue weighted by Crippen LogP contribution is 2.33. The van der Waals surface area contributed by atoms with E-state index in [1.807, 2.05) is 0 Å². The van der Waals surface area contributed by atoms with E-state index in [9.17, 15) is 0 Å². The summed E-state index contributed by atoms with van der Waals surface area (Å²) < 4.78 is 0. The van der Waals surface area contributed by atoms with Crippen molar-refractivity contribution in [1.29, 1.82) is 0 Å².